The molecule has 0 fully saturated rings. The number of thiophene rings is 1. The molecule has 0 radical (unpaired) electrons. The number of para-hydroxylation sites is 3. The number of hydrogen-bond donors (Lipinski definition) is 0. The molecule has 0 spiro atoms. The smallest absolute Gasteiger partial charge is 0.0892 e. The average Bonchev–Trinajstić information content (AvgIpc) is 3.81. The Bertz CT molecular complexity index is 3090. The van der Waals surface area contributed by atoms with Gasteiger partial charge < -0.3 is 9.13 Å². The molecule has 11 rings (SSSR count). The molecule has 0 aliphatic carbocycles. The van der Waals surface area contributed by atoms with Crippen LogP contribution in [-0.4, -0.2) is 19.1 Å². The normalized spacial score (nSPS) is 12.1. The third-order valence-electron chi connectivity index (χ3n) is 10.0. The van der Waals surface area contributed by atoms with Gasteiger partial charge in [-0.25, -0.2) is 0 Å². The first-order valence-electron chi connectivity index (χ1n) is 16.5. The van der Waals surface area contributed by atoms with E-state index in [-0.39, 0.29) is 0 Å². The van der Waals surface area contributed by atoms with Gasteiger partial charge in [-0.2, -0.15) is 0 Å². The summed E-state index contributed by atoms with van der Waals surface area (Å²) in [7, 11) is 0. The molecule has 7 aromatic carbocycles. The zero-order chi connectivity index (χ0) is 32.1. The van der Waals surface area contributed by atoms with E-state index in [0.717, 1.165) is 27.8 Å². The minimum atomic E-state index is 0.903. The Labute approximate surface area is 284 Å². The highest BCUT2D eigenvalue weighted by molar-refractivity contribution is 7.26. The molecule has 0 saturated carbocycles. The topological polar surface area (TPSA) is 35.6 Å². The number of rotatable bonds is 3. The van der Waals surface area contributed by atoms with Gasteiger partial charge in [-0.1, -0.05) is 72.8 Å². The lowest BCUT2D eigenvalue weighted by molar-refractivity contribution is 1.18. The third kappa shape index (κ3) is 3.85. The molecule has 0 N–H and O–H groups in total. The standard InChI is InChI=1S/C44H26N4S/c1-2-8-29(9-3-1)48-37-12-6-4-10-31(37)33-25-34-42(26-40(33)48)49-41-21-20-39-43(44(34)41)32-11-5-7-13-38(32)47(39)30-17-14-27(15-18-30)28-16-19-35-36(24-28)46-23-22-45-35/h1-26H. The lowest BCUT2D eigenvalue weighted by Crippen LogP contribution is -1.93. The average molecular weight is 643 g/mol. The van der Waals surface area contributed by atoms with Crippen LogP contribution in [0.4, 0.5) is 0 Å². The summed E-state index contributed by atoms with van der Waals surface area (Å²) >= 11 is 1.89. The van der Waals surface area contributed by atoms with Crippen LogP contribution in [-0.2, 0) is 0 Å². The van der Waals surface area contributed by atoms with Crippen molar-refractivity contribution in [2.45, 2.75) is 0 Å². The van der Waals surface area contributed by atoms with Crippen LogP contribution in [0.5, 0.6) is 0 Å². The zero-order valence-corrected chi connectivity index (χ0v) is 27.0. The van der Waals surface area contributed by atoms with Crippen LogP contribution >= 0.6 is 11.3 Å². The predicted octanol–water partition coefficient (Wildman–Crippen LogP) is 11.9. The second-order valence-electron chi connectivity index (χ2n) is 12.6. The molecule has 0 atom stereocenters. The molecule has 0 amide bonds. The highest BCUT2D eigenvalue weighted by atomic mass is 32.1. The van der Waals surface area contributed by atoms with Crippen molar-refractivity contribution in [3.8, 4) is 22.5 Å². The van der Waals surface area contributed by atoms with Crippen molar-refractivity contribution in [1.82, 2.24) is 19.1 Å². The van der Waals surface area contributed by atoms with Gasteiger partial charge in [0.2, 0.25) is 0 Å². The summed E-state index contributed by atoms with van der Waals surface area (Å²) in [6.45, 7) is 0. The Balaban J connectivity index is 1.15. The quantitative estimate of drug-likeness (QED) is 0.192. The molecule has 0 aliphatic rings. The van der Waals surface area contributed by atoms with E-state index in [4.69, 9.17) is 0 Å². The maximum atomic E-state index is 4.52. The fourth-order valence-electron chi connectivity index (χ4n) is 7.87. The fraction of sp³-hybridized carbons (Fsp3) is 0. The van der Waals surface area contributed by atoms with Crippen molar-refractivity contribution in [3.05, 3.63) is 158 Å². The highest BCUT2D eigenvalue weighted by Crippen LogP contribution is 2.46. The van der Waals surface area contributed by atoms with Crippen LogP contribution in [0.1, 0.15) is 0 Å². The maximum absolute atomic E-state index is 4.52. The Kier molecular flexibility index (Phi) is 5.51. The van der Waals surface area contributed by atoms with E-state index in [1.54, 1.807) is 12.4 Å². The van der Waals surface area contributed by atoms with Crippen LogP contribution in [0.25, 0.3) is 97.3 Å². The van der Waals surface area contributed by atoms with Gasteiger partial charge in [0.25, 0.3) is 0 Å². The second kappa shape index (κ2) is 10.1. The van der Waals surface area contributed by atoms with E-state index >= 15 is 0 Å². The first-order chi connectivity index (χ1) is 24.3. The van der Waals surface area contributed by atoms with E-state index in [2.05, 4.69) is 159 Å². The lowest BCUT2D eigenvalue weighted by Gasteiger charge is -2.10. The minimum absolute atomic E-state index is 0.903. The maximum Gasteiger partial charge on any atom is 0.0892 e. The summed E-state index contributed by atoms with van der Waals surface area (Å²) in [4.78, 5) is 8.95. The summed E-state index contributed by atoms with van der Waals surface area (Å²) in [5.41, 5.74) is 11.3. The number of nitrogens with zero attached hydrogens (tertiary/aromatic N) is 4. The van der Waals surface area contributed by atoms with Crippen molar-refractivity contribution < 1.29 is 0 Å². The molecule has 0 aliphatic heterocycles. The number of fused-ring (bicyclic) bond motifs is 11. The summed E-state index contributed by atoms with van der Waals surface area (Å²) in [5, 5.41) is 7.78. The van der Waals surface area contributed by atoms with Crippen molar-refractivity contribution in [2.75, 3.05) is 0 Å². The van der Waals surface area contributed by atoms with E-state index in [1.807, 2.05) is 17.4 Å². The molecule has 4 nitrogen and oxygen atoms in total. The van der Waals surface area contributed by atoms with Crippen LogP contribution in [0.3, 0.4) is 0 Å². The van der Waals surface area contributed by atoms with Crippen LogP contribution < -0.4 is 0 Å². The molecule has 5 heteroatoms. The Morgan fingerprint density at radius 1 is 0.388 bits per heavy atom. The van der Waals surface area contributed by atoms with Gasteiger partial charge in [-0.05, 0) is 83.9 Å². The molecular formula is C44H26N4S. The monoisotopic (exact) mass is 642 g/mol. The van der Waals surface area contributed by atoms with Gasteiger partial charge in [-0.15, -0.1) is 11.3 Å². The summed E-state index contributed by atoms with van der Waals surface area (Å²) in [6, 6.07) is 53.0. The molecule has 228 valence electrons. The predicted molar refractivity (Wildman–Crippen MR) is 207 cm³/mol. The van der Waals surface area contributed by atoms with Gasteiger partial charge in [0.15, 0.2) is 0 Å². The molecular weight excluding hydrogens is 617 g/mol. The second-order valence-corrected chi connectivity index (χ2v) is 13.7. The van der Waals surface area contributed by atoms with Crippen LogP contribution in [0.2, 0.25) is 0 Å². The molecule has 4 aromatic heterocycles. The Morgan fingerprint density at radius 2 is 1.06 bits per heavy atom. The molecule has 0 saturated heterocycles. The largest absolute Gasteiger partial charge is 0.309 e. The van der Waals surface area contributed by atoms with Crippen molar-refractivity contribution >= 4 is 86.2 Å². The Hall–Kier alpha value is -6.30. The summed E-state index contributed by atoms with van der Waals surface area (Å²) < 4.78 is 7.44. The molecule has 0 bridgehead atoms. The molecule has 4 heterocycles. The summed E-state index contributed by atoms with van der Waals surface area (Å²) in [6.07, 6.45) is 3.48. The lowest BCUT2D eigenvalue weighted by atomic mass is 10.0. The van der Waals surface area contributed by atoms with E-state index < -0.39 is 0 Å². The van der Waals surface area contributed by atoms with E-state index in [9.17, 15) is 0 Å². The molecule has 49 heavy (non-hydrogen) atoms. The highest BCUT2D eigenvalue weighted by Gasteiger charge is 2.20. The first kappa shape index (κ1) is 26.7. The van der Waals surface area contributed by atoms with Crippen molar-refractivity contribution in [1.29, 1.82) is 0 Å². The first-order valence-corrected chi connectivity index (χ1v) is 17.3. The molecule has 11 aromatic rings. The van der Waals surface area contributed by atoms with E-state index in [0.29, 0.717) is 0 Å². The van der Waals surface area contributed by atoms with Gasteiger partial charge >= 0.3 is 0 Å². The number of benzene rings is 7. The zero-order valence-electron chi connectivity index (χ0n) is 26.2. The minimum Gasteiger partial charge on any atom is -0.309 e. The summed E-state index contributed by atoms with van der Waals surface area (Å²) in [5.74, 6) is 0. The third-order valence-corrected chi connectivity index (χ3v) is 11.1. The van der Waals surface area contributed by atoms with Gasteiger partial charge in [0.05, 0.1) is 33.1 Å². The van der Waals surface area contributed by atoms with Gasteiger partial charge in [0.1, 0.15) is 0 Å². The van der Waals surface area contributed by atoms with E-state index in [1.165, 1.54) is 69.5 Å². The van der Waals surface area contributed by atoms with Crippen LogP contribution in [0, 0.1) is 0 Å². The van der Waals surface area contributed by atoms with Gasteiger partial charge in [0, 0.05) is 65.5 Å². The van der Waals surface area contributed by atoms with Gasteiger partial charge in [-0.3, -0.25) is 9.97 Å². The molecule has 0 unspecified atom stereocenters. The number of aromatic nitrogens is 4. The Morgan fingerprint density at radius 3 is 1.90 bits per heavy atom. The number of hydrogen-bond acceptors (Lipinski definition) is 3. The fourth-order valence-corrected chi connectivity index (χ4v) is 9.00. The van der Waals surface area contributed by atoms with Crippen molar-refractivity contribution in [2.24, 2.45) is 0 Å². The van der Waals surface area contributed by atoms with Crippen molar-refractivity contribution in [3.63, 3.8) is 0 Å². The SMILES string of the molecule is c1ccc(-n2c3ccccc3c3cc4c(cc32)sc2ccc3c(c5ccccc5n3-c3ccc(-c5ccc6nccnc6c5)cc3)c24)cc1. The van der Waals surface area contributed by atoms with Crippen LogP contribution in [0.15, 0.2) is 158 Å².